The van der Waals surface area contributed by atoms with E-state index in [-0.39, 0.29) is 12.4 Å². The van der Waals surface area contributed by atoms with Crippen LogP contribution < -0.4 is 12.4 Å². The van der Waals surface area contributed by atoms with Gasteiger partial charge in [0.15, 0.2) is 0 Å². The van der Waals surface area contributed by atoms with E-state index in [0.29, 0.717) is 0 Å². The summed E-state index contributed by atoms with van der Waals surface area (Å²) < 4.78 is 0. The molecule has 2 radical (unpaired) electrons. The Kier molecular flexibility index (Phi) is 21.4. The summed E-state index contributed by atoms with van der Waals surface area (Å²) in [6.07, 6.45) is 0. The zero-order valence-electron chi connectivity index (χ0n) is 2.88. The van der Waals surface area contributed by atoms with Crippen molar-refractivity contribution >= 4 is 9.52 Å². The molecule has 0 aromatic carbocycles. The molecule has 0 spiro atoms. The summed E-state index contributed by atoms with van der Waals surface area (Å²) in [6.45, 7) is 4.31. The Morgan fingerprint density at radius 2 is 1.25 bits per heavy atom. The van der Waals surface area contributed by atoms with Gasteiger partial charge in [0.25, 0.3) is 0 Å². The van der Waals surface area contributed by atoms with Crippen LogP contribution in [0.25, 0.3) is 0 Å². The molecule has 0 fully saturated rings. The van der Waals surface area contributed by atoms with Crippen LogP contribution in [-0.2, 0) is 0 Å². The van der Waals surface area contributed by atoms with Crippen molar-refractivity contribution in [3.8, 4) is 0 Å². The van der Waals surface area contributed by atoms with Crippen molar-refractivity contribution in [2.75, 3.05) is 0 Å². The predicted octanol–water partition coefficient (Wildman–Crippen LogP) is -2.21. The maximum Gasteiger partial charge on any atom is 0.0307 e. The molecule has 0 bridgehead atoms. The largest absolute Gasteiger partial charge is 1.00 e. The van der Waals surface area contributed by atoms with Crippen LogP contribution in [0.2, 0.25) is 13.1 Å². The third kappa shape index (κ3) is 22.2. The lowest BCUT2D eigenvalue weighted by Crippen LogP contribution is -3.00. The molecule has 0 amide bonds. The monoisotopic (exact) mass is 93.0 g/mol. The molecule has 0 N–H and O–H groups in total. The van der Waals surface area contributed by atoms with E-state index < -0.39 is 0 Å². The van der Waals surface area contributed by atoms with Gasteiger partial charge in [0.1, 0.15) is 0 Å². The molecular formula is C2H6ClSi-. The van der Waals surface area contributed by atoms with Crippen LogP contribution in [0, 0.1) is 0 Å². The standard InChI is InChI=1S/C2H6Si.ClH/c1-3-2;/h1-2H3;1H/p-1. The third-order valence-corrected chi connectivity index (χ3v) is 0. The van der Waals surface area contributed by atoms with Crippen molar-refractivity contribution < 1.29 is 12.4 Å². The van der Waals surface area contributed by atoms with Crippen molar-refractivity contribution in [1.82, 2.24) is 0 Å². The minimum absolute atomic E-state index is 0. The van der Waals surface area contributed by atoms with Crippen molar-refractivity contribution in [2.24, 2.45) is 0 Å². The highest BCUT2D eigenvalue weighted by Crippen LogP contribution is 1.36. The first-order chi connectivity index (χ1) is 1.41. The van der Waals surface area contributed by atoms with Crippen molar-refractivity contribution in [3.63, 3.8) is 0 Å². The molecule has 0 aliphatic rings. The highest BCUT2D eigenvalue weighted by Gasteiger charge is 1.39. The van der Waals surface area contributed by atoms with Crippen LogP contribution in [0.3, 0.4) is 0 Å². The van der Waals surface area contributed by atoms with Crippen LogP contribution in [0.1, 0.15) is 0 Å². The topological polar surface area (TPSA) is 0 Å². The summed E-state index contributed by atoms with van der Waals surface area (Å²) >= 11 is 0. The highest BCUT2D eigenvalue weighted by atomic mass is 35.5. The smallest absolute Gasteiger partial charge is 0.0307 e. The van der Waals surface area contributed by atoms with E-state index in [1.807, 2.05) is 0 Å². The Bertz CT molecular complexity index is 6.00. The summed E-state index contributed by atoms with van der Waals surface area (Å²) in [6, 6.07) is 0. The molecule has 0 atom stereocenters. The summed E-state index contributed by atoms with van der Waals surface area (Å²) in [7, 11) is 1.08. The van der Waals surface area contributed by atoms with Gasteiger partial charge in [-0.25, -0.2) is 0 Å². The molecule has 2 heteroatoms. The van der Waals surface area contributed by atoms with Gasteiger partial charge in [-0.15, -0.1) is 0 Å². The van der Waals surface area contributed by atoms with Gasteiger partial charge in [-0.1, -0.05) is 13.1 Å². The lowest BCUT2D eigenvalue weighted by atomic mass is 11.9. The zero-order chi connectivity index (χ0) is 2.71. The number of halogens is 1. The van der Waals surface area contributed by atoms with Gasteiger partial charge in [-0.2, -0.15) is 0 Å². The van der Waals surface area contributed by atoms with E-state index in [2.05, 4.69) is 13.1 Å². The normalized spacial score (nSPS) is 4.50. The lowest BCUT2D eigenvalue weighted by molar-refractivity contribution is -0.000000756. The first kappa shape index (κ1) is 8.82. The summed E-state index contributed by atoms with van der Waals surface area (Å²) in [5.74, 6) is 0. The number of rotatable bonds is 0. The minimum atomic E-state index is 0. The van der Waals surface area contributed by atoms with Gasteiger partial charge in [0.2, 0.25) is 0 Å². The van der Waals surface area contributed by atoms with Gasteiger partial charge >= 0.3 is 0 Å². The maximum absolute atomic E-state index is 2.15. The molecule has 26 valence electrons. The van der Waals surface area contributed by atoms with Gasteiger partial charge < -0.3 is 12.4 Å². The zero-order valence-corrected chi connectivity index (χ0v) is 4.63. The summed E-state index contributed by atoms with van der Waals surface area (Å²) in [5.41, 5.74) is 0. The fourth-order valence-electron chi connectivity index (χ4n) is 0. The van der Waals surface area contributed by atoms with E-state index in [9.17, 15) is 0 Å². The Morgan fingerprint density at radius 3 is 1.25 bits per heavy atom. The van der Waals surface area contributed by atoms with E-state index in [1.165, 1.54) is 0 Å². The van der Waals surface area contributed by atoms with Crippen LogP contribution in [-0.4, -0.2) is 9.52 Å². The van der Waals surface area contributed by atoms with Crippen molar-refractivity contribution in [3.05, 3.63) is 0 Å². The lowest BCUT2D eigenvalue weighted by Gasteiger charge is -1.44. The SMILES string of the molecule is C[Si]C.[Cl-]. The van der Waals surface area contributed by atoms with Crippen LogP contribution in [0.4, 0.5) is 0 Å². The molecular weight excluding hydrogens is 87.6 g/mol. The van der Waals surface area contributed by atoms with Crippen LogP contribution in [0.5, 0.6) is 0 Å². The van der Waals surface area contributed by atoms with E-state index >= 15 is 0 Å². The predicted molar refractivity (Wildman–Crippen MR) is 17.5 cm³/mol. The molecule has 0 aliphatic carbocycles. The van der Waals surface area contributed by atoms with E-state index in [4.69, 9.17) is 0 Å². The average Bonchev–Trinajstić information content (AvgIpc) is 0.918. The summed E-state index contributed by atoms with van der Waals surface area (Å²) in [4.78, 5) is 0. The molecule has 0 saturated carbocycles. The second-order valence-corrected chi connectivity index (χ2v) is 1.50. The van der Waals surface area contributed by atoms with Crippen molar-refractivity contribution in [1.29, 1.82) is 0 Å². The quantitative estimate of drug-likeness (QED) is 0.298. The second-order valence-electron chi connectivity index (χ2n) is 0.500. The fourth-order valence-corrected chi connectivity index (χ4v) is 0. The minimum Gasteiger partial charge on any atom is -1.00 e. The van der Waals surface area contributed by atoms with Gasteiger partial charge in [0.05, 0.1) is 0 Å². The third-order valence-electron chi connectivity index (χ3n) is 0. The Labute approximate surface area is 35.8 Å². The molecule has 0 unspecified atom stereocenters. The van der Waals surface area contributed by atoms with Gasteiger partial charge in [-0.3, -0.25) is 0 Å². The Morgan fingerprint density at radius 1 is 1.25 bits per heavy atom. The van der Waals surface area contributed by atoms with E-state index in [1.54, 1.807) is 0 Å². The molecule has 4 heavy (non-hydrogen) atoms. The fraction of sp³-hybridized carbons (Fsp3) is 1.00. The number of hydrogen-bond acceptors (Lipinski definition) is 0. The first-order valence-electron chi connectivity index (χ1n) is 1.00. The molecule has 0 nitrogen and oxygen atoms in total. The Hall–Kier alpha value is 0.507. The number of hydrogen-bond donors (Lipinski definition) is 0. The molecule has 0 aliphatic heterocycles. The summed E-state index contributed by atoms with van der Waals surface area (Å²) in [5, 5.41) is 0. The van der Waals surface area contributed by atoms with E-state index in [0.717, 1.165) is 9.52 Å². The molecule has 0 saturated heterocycles. The molecule has 0 aromatic rings. The molecule has 0 rings (SSSR count). The van der Waals surface area contributed by atoms with Crippen LogP contribution >= 0.6 is 0 Å². The first-order valence-corrected chi connectivity index (χ1v) is 3.00. The molecule has 0 heterocycles. The van der Waals surface area contributed by atoms with Gasteiger partial charge in [-0.05, 0) is 0 Å². The average molecular weight is 93.6 g/mol. The highest BCUT2D eigenvalue weighted by molar-refractivity contribution is 6.31. The second kappa shape index (κ2) is 9.71. The van der Waals surface area contributed by atoms with Gasteiger partial charge in [0, 0.05) is 9.52 Å². The Balaban J connectivity index is 0. The van der Waals surface area contributed by atoms with Crippen LogP contribution in [0.15, 0.2) is 0 Å². The van der Waals surface area contributed by atoms with Crippen molar-refractivity contribution in [2.45, 2.75) is 13.1 Å². The molecule has 0 aromatic heterocycles. The maximum atomic E-state index is 2.15.